The first-order valence-corrected chi connectivity index (χ1v) is 9.71. The van der Waals surface area contributed by atoms with Gasteiger partial charge in [-0.15, -0.1) is 46.7 Å². The van der Waals surface area contributed by atoms with Crippen LogP contribution in [0.4, 0.5) is 18.3 Å². The summed E-state index contributed by atoms with van der Waals surface area (Å²) in [5, 5.41) is 10.6. The molecular formula is C15H22F3IN6S2. The van der Waals surface area contributed by atoms with Crippen molar-refractivity contribution in [2.45, 2.75) is 26.1 Å². The molecule has 2 rings (SSSR count). The molecule has 0 fully saturated rings. The molecule has 12 heteroatoms. The van der Waals surface area contributed by atoms with Crippen molar-refractivity contribution in [2.75, 3.05) is 32.1 Å². The first-order chi connectivity index (χ1) is 12.3. The Balaban J connectivity index is 0.00000364. The lowest BCUT2D eigenvalue weighted by Gasteiger charge is -2.10. The number of halogens is 4. The van der Waals surface area contributed by atoms with E-state index in [1.165, 1.54) is 0 Å². The molecule has 0 radical (unpaired) electrons. The fraction of sp³-hybridized carbons (Fsp3) is 0.533. The number of alkyl halides is 3. The topological polar surface area (TPSA) is 65.4 Å². The number of hydrogen-bond acceptors (Lipinski definition) is 6. The predicted molar refractivity (Wildman–Crippen MR) is 115 cm³/mol. The third-order valence-corrected chi connectivity index (χ3v) is 5.10. The Morgan fingerprint density at radius 2 is 1.93 bits per heavy atom. The summed E-state index contributed by atoms with van der Waals surface area (Å²) in [6.45, 7) is 3.49. The molecule has 0 unspecified atom stereocenters. The number of hydrogen-bond donors (Lipinski definition) is 2. The Morgan fingerprint density at radius 1 is 1.19 bits per heavy atom. The van der Waals surface area contributed by atoms with E-state index in [0.717, 1.165) is 27.5 Å². The summed E-state index contributed by atoms with van der Waals surface area (Å²) in [4.78, 5) is 14.5. The lowest BCUT2D eigenvalue weighted by molar-refractivity contribution is -0.140. The molecule has 27 heavy (non-hydrogen) atoms. The van der Waals surface area contributed by atoms with Gasteiger partial charge in [0.2, 0.25) is 0 Å². The maximum atomic E-state index is 12.6. The van der Waals surface area contributed by atoms with Gasteiger partial charge in [0.1, 0.15) is 0 Å². The third-order valence-electron chi connectivity index (χ3n) is 3.14. The zero-order chi connectivity index (χ0) is 19.2. The quantitative estimate of drug-likeness (QED) is 0.323. The lowest BCUT2D eigenvalue weighted by Crippen LogP contribution is -2.38. The van der Waals surface area contributed by atoms with Crippen molar-refractivity contribution in [3.63, 3.8) is 0 Å². The average Bonchev–Trinajstić information content (AvgIpc) is 3.21. The molecule has 2 heterocycles. The summed E-state index contributed by atoms with van der Waals surface area (Å²) in [5.41, 5.74) is 0.0314. The van der Waals surface area contributed by atoms with Gasteiger partial charge in [0, 0.05) is 44.4 Å². The van der Waals surface area contributed by atoms with Crippen molar-refractivity contribution in [1.29, 1.82) is 0 Å². The van der Waals surface area contributed by atoms with Gasteiger partial charge in [-0.1, -0.05) is 0 Å². The molecule has 2 N–H and O–H groups in total. The van der Waals surface area contributed by atoms with Crippen LogP contribution in [0.25, 0.3) is 0 Å². The van der Waals surface area contributed by atoms with Crippen molar-refractivity contribution in [1.82, 2.24) is 20.6 Å². The second-order valence-corrected chi connectivity index (χ2v) is 7.29. The number of anilines is 1. The molecule has 0 bridgehead atoms. The van der Waals surface area contributed by atoms with Gasteiger partial charge >= 0.3 is 6.18 Å². The molecule has 0 aromatic carbocycles. The van der Waals surface area contributed by atoms with E-state index >= 15 is 0 Å². The summed E-state index contributed by atoms with van der Waals surface area (Å²) in [6.07, 6.45) is -4.00. The molecule has 0 saturated carbocycles. The smallest absolute Gasteiger partial charge is 0.357 e. The minimum Gasteiger partial charge on any atom is -0.357 e. The van der Waals surface area contributed by atoms with Crippen molar-refractivity contribution in [2.24, 2.45) is 4.99 Å². The number of aliphatic imine (C=N–C) groups is 1. The molecule has 152 valence electrons. The van der Waals surface area contributed by atoms with Crippen LogP contribution in [0.15, 0.2) is 15.8 Å². The number of nitrogens with one attached hydrogen (secondary N) is 2. The molecule has 2 aromatic rings. The molecule has 0 atom stereocenters. The Kier molecular flexibility index (Phi) is 9.73. The fourth-order valence-corrected chi connectivity index (χ4v) is 3.47. The monoisotopic (exact) mass is 534 g/mol. The fourth-order valence-electron chi connectivity index (χ4n) is 1.92. The van der Waals surface area contributed by atoms with Gasteiger partial charge in [0.25, 0.3) is 0 Å². The van der Waals surface area contributed by atoms with Crippen LogP contribution in [-0.4, -0.2) is 43.1 Å². The van der Waals surface area contributed by atoms with Crippen LogP contribution in [0.2, 0.25) is 0 Å². The predicted octanol–water partition coefficient (Wildman–Crippen LogP) is 3.60. The first kappa shape index (κ1) is 23.9. The van der Waals surface area contributed by atoms with Crippen molar-refractivity contribution < 1.29 is 13.2 Å². The van der Waals surface area contributed by atoms with Crippen LogP contribution in [-0.2, 0) is 19.1 Å². The number of thiazole rings is 2. The zero-order valence-electron chi connectivity index (χ0n) is 15.1. The van der Waals surface area contributed by atoms with Crippen molar-refractivity contribution in [3.8, 4) is 0 Å². The Morgan fingerprint density at radius 3 is 2.48 bits per heavy atom. The van der Waals surface area contributed by atoms with Crippen LogP contribution in [0, 0.1) is 0 Å². The van der Waals surface area contributed by atoms with Gasteiger partial charge in [-0.3, -0.25) is 0 Å². The van der Waals surface area contributed by atoms with Crippen LogP contribution >= 0.6 is 46.7 Å². The van der Waals surface area contributed by atoms with Crippen molar-refractivity contribution >= 4 is 57.7 Å². The molecular weight excluding hydrogens is 512 g/mol. The van der Waals surface area contributed by atoms with E-state index in [1.54, 1.807) is 11.3 Å². The van der Waals surface area contributed by atoms with Gasteiger partial charge in [-0.05, 0) is 6.92 Å². The Hall–Kier alpha value is -1.15. The van der Waals surface area contributed by atoms with Gasteiger partial charge < -0.3 is 15.5 Å². The number of aromatic nitrogens is 2. The Bertz CT molecular complexity index is 729. The highest BCUT2D eigenvalue weighted by atomic mass is 127. The number of rotatable bonds is 7. The maximum Gasteiger partial charge on any atom is 0.434 e. The Labute approximate surface area is 181 Å². The van der Waals surface area contributed by atoms with Gasteiger partial charge in [0.05, 0.1) is 17.2 Å². The van der Waals surface area contributed by atoms with E-state index in [1.807, 2.05) is 31.3 Å². The molecule has 0 aliphatic rings. The van der Waals surface area contributed by atoms with E-state index in [-0.39, 0.29) is 24.0 Å². The molecule has 6 nitrogen and oxygen atoms in total. The summed E-state index contributed by atoms with van der Waals surface area (Å²) < 4.78 is 37.7. The maximum absolute atomic E-state index is 12.6. The molecule has 0 aliphatic carbocycles. The highest BCUT2D eigenvalue weighted by Crippen LogP contribution is 2.30. The second-order valence-electron chi connectivity index (χ2n) is 5.51. The first-order valence-electron chi connectivity index (χ1n) is 7.95. The molecule has 2 aromatic heterocycles. The molecule has 0 amide bonds. The number of guanidine groups is 1. The summed E-state index contributed by atoms with van der Waals surface area (Å²) in [5.74, 6) is 0.597. The molecule has 0 spiro atoms. The van der Waals surface area contributed by atoms with Gasteiger partial charge in [-0.2, -0.15) is 13.2 Å². The normalized spacial score (nSPS) is 11.9. The van der Waals surface area contributed by atoms with Gasteiger partial charge in [-0.25, -0.2) is 15.0 Å². The number of nitrogens with zero attached hydrogens (tertiary/aromatic N) is 4. The van der Waals surface area contributed by atoms with Crippen molar-refractivity contribution in [3.05, 3.63) is 27.2 Å². The highest BCUT2D eigenvalue weighted by Gasteiger charge is 2.33. The zero-order valence-corrected chi connectivity index (χ0v) is 19.1. The minimum atomic E-state index is -4.39. The minimum absolute atomic E-state index is 0. The standard InChI is InChI=1S/C15H21F3N6S2.HI/c1-4-19-13(21-7-10-8-26-14(22-10)24(2)3)20-6-5-12-23-11(9-25-12)15(16,17)18;/h8-9H,4-7H2,1-3H3,(H2,19,20,21);1H. The summed E-state index contributed by atoms with van der Waals surface area (Å²) >= 11 is 2.56. The van der Waals surface area contributed by atoms with E-state index in [2.05, 4.69) is 25.6 Å². The van der Waals surface area contributed by atoms with E-state index < -0.39 is 11.9 Å². The molecule has 0 saturated heterocycles. The van der Waals surface area contributed by atoms with E-state index in [4.69, 9.17) is 0 Å². The second kappa shape index (κ2) is 11.0. The van der Waals surface area contributed by atoms with Crippen LogP contribution in [0.5, 0.6) is 0 Å². The average molecular weight is 534 g/mol. The SMILES string of the molecule is CCNC(=NCc1csc(N(C)C)n1)NCCc1nc(C(F)(F)F)cs1.I. The van der Waals surface area contributed by atoms with E-state index in [0.29, 0.717) is 37.0 Å². The summed E-state index contributed by atoms with van der Waals surface area (Å²) in [6, 6.07) is 0. The van der Waals surface area contributed by atoms with Gasteiger partial charge in [0.15, 0.2) is 16.8 Å². The van der Waals surface area contributed by atoms with Crippen LogP contribution in [0.3, 0.4) is 0 Å². The van der Waals surface area contributed by atoms with E-state index in [9.17, 15) is 13.2 Å². The van der Waals surface area contributed by atoms with Crippen LogP contribution < -0.4 is 15.5 Å². The summed E-state index contributed by atoms with van der Waals surface area (Å²) in [7, 11) is 3.86. The van der Waals surface area contributed by atoms with Crippen LogP contribution in [0.1, 0.15) is 23.3 Å². The lowest BCUT2D eigenvalue weighted by atomic mass is 10.4. The third kappa shape index (κ3) is 7.78. The highest BCUT2D eigenvalue weighted by molar-refractivity contribution is 14.0. The largest absolute Gasteiger partial charge is 0.434 e. The molecule has 0 aliphatic heterocycles.